The van der Waals surface area contributed by atoms with Crippen molar-refractivity contribution in [2.24, 2.45) is 5.92 Å². The van der Waals surface area contributed by atoms with Gasteiger partial charge in [0.1, 0.15) is 5.75 Å². The van der Waals surface area contributed by atoms with Crippen LogP contribution in [0.25, 0.3) is 0 Å². The van der Waals surface area contributed by atoms with Crippen LogP contribution in [0.2, 0.25) is 0 Å². The van der Waals surface area contributed by atoms with E-state index in [-0.39, 0.29) is 0 Å². The van der Waals surface area contributed by atoms with Gasteiger partial charge >= 0.3 is 0 Å². The highest BCUT2D eigenvalue weighted by Crippen LogP contribution is 2.33. The fourth-order valence-electron chi connectivity index (χ4n) is 2.51. The molecular weight excluding hydrogens is 250 g/mol. The van der Waals surface area contributed by atoms with Gasteiger partial charge in [-0.1, -0.05) is 25.0 Å². The Hall–Kier alpha value is -1.06. The lowest BCUT2D eigenvalue weighted by molar-refractivity contribution is 0.199. The molecule has 0 spiro atoms. The predicted octanol–water partition coefficient (Wildman–Crippen LogP) is 3.22. The van der Waals surface area contributed by atoms with Crippen LogP contribution in [0.5, 0.6) is 5.75 Å². The van der Waals surface area contributed by atoms with Crippen molar-refractivity contribution >= 4 is 0 Å². The van der Waals surface area contributed by atoms with E-state index >= 15 is 0 Å². The number of aryl methyl sites for hydroxylation is 2. The topological polar surface area (TPSA) is 30.5 Å². The molecule has 1 fully saturated rings. The van der Waals surface area contributed by atoms with Gasteiger partial charge in [0.15, 0.2) is 0 Å². The molecule has 0 aliphatic heterocycles. The lowest BCUT2D eigenvalue weighted by atomic mass is 10.1. The molecule has 2 rings (SSSR count). The van der Waals surface area contributed by atoms with Gasteiger partial charge in [0, 0.05) is 20.2 Å². The first-order valence-electron chi connectivity index (χ1n) is 7.63. The van der Waals surface area contributed by atoms with E-state index in [1.807, 2.05) is 0 Å². The summed E-state index contributed by atoms with van der Waals surface area (Å²) in [5.41, 5.74) is 3.79. The molecule has 0 amide bonds. The van der Waals surface area contributed by atoms with E-state index in [4.69, 9.17) is 9.47 Å². The molecule has 1 aliphatic rings. The molecule has 1 aromatic rings. The van der Waals surface area contributed by atoms with Gasteiger partial charge in [-0.05, 0) is 42.9 Å². The summed E-state index contributed by atoms with van der Waals surface area (Å²) in [6, 6.07) is 4.44. The summed E-state index contributed by atoms with van der Waals surface area (Å²) >= 11 is 0. The maximum absolute atomic E-state index is 5.98. The van der Waals surface area contributed by atoms with Gasteiger partial charge in [0.05, 0.1) is 13.2 Å². The molecule has 0 aromatic heterocycles. The third kappa shape index (κ3) is 4.80. The van der Waals surface area contributed by atoms with Crippen LogP contribution in [0.3, 0.4) is 0 Å². The molecule has 1 aliphatic carbocycles. The largest absolute Gasteiger partial charge is 0.493 e. The van der Waals surface area contributed by atoms with Crippen LogP contribution in [0.1, 0.15) is 36.0 Å². The fourth-order valence-corrected chi connectivity index (χ4v) is 2.51. The Labute approximate surface area is 122 Å². The number of nitrogens with one attached hydrogen (secondary N) is 1. The summed E-state index contributed by atoms with van der Waals surface area (Å²) in [6.07, 6.45) is 4.00. The van der Waals surface area contributed by atoms with Crippen LogP contribution in [0, 0.1) is 19.8 Å². The SMILES string of the molecule is COCCNCc1cc(C)c(OCCC2CC2)c(C)c1. The molecule has 0 unspecified atom stereocenters. The van der Waals surface area contributed by atoms with E-state index in [0.29, 0.717) is 0 Å². The van der Waals surface area contributed by atoms with Crippen molar-refractivity contribution in [2.45, 2.75) is 39.7 Å². The monoisotopic (exact) mass is 277 g/mol. The lowest BCUT2D eigenvalue weighted by Gasteiger charge is -2.14. The van der Waals surface area contributed by atoms with Crippen LogP contribution in [-0.2, 0) is 11.3 Å². The van der Waals surface area contributed by atoms with Gasteiger partial charge in [0.2, 0.25) is 0 Å². The first kappa shape index (κ1) is 15.3. The van der Waals surface area contributed by atoms with E-state index in [1.165, 1.54) is 36.0 Å². The van der Waals surface area contributed by atoms with Crippen LogP contribution in [0.4, 0.5) is 0 Å². The predicted molar refractivity (Wildman–Crippen MR) is 82.3 cm³/mol. The van der Waals surface area contributed by atoms with Crippen LogP contribution >= 0.6 is 0 Å². The summed E-state index contributed by atoms with van der Waals surface area (Å²) in [6.45, 7) is 7.65. The molecule has 1 aromatic carbocycles. The molecule has 0 atom stereocenters. The van der Waals surface area contributed by atoms with Crippen LogP contribution in [-0.4, -0.2) is 26.9 Å². The van der Waals surface area contributed by atoms with Gasteiger partial charge in [-0.2, -0.15) is 0 Å². The Morgan fingerprint density at radius 2 is 1.85 bits per heavy atom. The van der Waals surface area contributed by atoms with Gasteiger partial charge in [0.25, 0.3) is 0 Å². The minimum absolute atomic E-state index is 0.750. The number of hydrogen-bond acceptors (Lipinski definition) is 3. The highest BCUT2D eigenvalue weighted by atomic mass is 16.5. The minimum atomic E-state index is 0.750. The summed E-state index contributed by atoms with van der Waals surface area (Å²) in [4.78, 5) is 0. The van der Waals surface area contributed by atoms with E-state index in [9.17, 15) is 0 Å². The average Bonchev–Trinajstić information content (AvgIpc) is 3.22. The maximum Gasteiger partial charge on any atom is 0.125 e. The third-order valence-electron chi connectivity index (χ3n) is 3.80. The molecule has 1 N–H and O–H groups in total. The van der Waals surface area contributed by atoms with Crippen molar-refractivity contribution in [1.29, 1.82) is 0 Å². The van der Waals surface area contributed by atoms with E-state index in [2.05, 4.69) is 31.3 Å². The van der Waals surface area contributed by atoms with E-state index in [1.54, 1.807) is 7.11 Å². The number of rotatable bonds is 9. The van der Waals surface area contributed by atoms with Crippen molar-refractivity contribution in [1.82, 2.24) is 5.32 Å². The van der Waals surface area contributed by atoms with Gasteiger partial charge in [-0.25, -0.2) is 0 Å². The number of hydrogen-bond donors (Lipinski definition) is 1. The molecular formula is C17H27NO2. The minimum Gasteiger partial charge on any atom is -0.493 e. The summed E-state index contributed by atoms with van der Waals surface area (Å²) in [7, 11) is 1.73. The Bertz CT molecular complexity index is 404. The number of ether oxygens (including phenoxy) is 2. The summed E-state index contributed by atoms with van der Waals surface area (Å²) in [5, 5.41) is 3.38. The van der Waals surface area contributed by atoms with Crippen LogP contribution < -0.4 is 10.1 Å². The van der Waals surface area contributed by atoms with Crippen molar-refractivity contribution in [3.05, 3.63) is 28.8 Å². The summed E-state index contributed by atoms with van der Waals surface area (Å²) < 4.78 is 11.0. The Morgan fingerprint density at radius 1 is 1.15 bits per heavy atom. The zero-order chi connectivity index (χ0) is 14.4. The summed E-state index contributed by atoms with van der Waals surface area (Å²) in [5.74, 6) is 2.01. The normalized spacial score (nSPS) is 14.6. The molecule has 3 heteroatoms. The molecule has 20 heavy (non-hydrogen) atoms. The van der Waals surface area contributed by atoms with Crippen molar-refractivity contribution in [2.75, 3.05) is 26.9 Å². The molecule has 0 saturated heterocycles. The van der Waals surface area contributed by atoms with Crippen molar-refractivity contribution < 1.29 is 9.47 Å². The zero-order valence-electron chi connectivity index (χ0n) is 13.0. The second-order valence-electron chi connectivity index (χ2n) is 5.81. The number of benzene rings is 1. The van der Waals surface area contributed by atoms with Gasteiger partial charge in [-0.15, -0.1) is 0 Å². The van der Waals surface area contributed by atoms with Crippen LogP contribution in [0.15, 0.2) is 12.1 Å². The highest BCUT2D eigenvalue weighted by Gasteiger charge is 2.21. The van der Waals surface area contributed by atoms with Gasteiger partial charge < -0.3 is 14.8 Å². The number of methoxy groups -OCH3 is 1. The molecule has 1 saturated carbocycles. The second-order valence-corrected chi connectivity index (χ2v) is 5.81. The quantitative estimate of drug-likeness (QED) is 0.703. The molecule has 0 radical (unpaired) electrons. The zero-order valence-corrected chi connectivity index (χ0v) is 13.0. The highest BCUT2D eigenvalue weighted by molar-refractivity contribution is 5.43. The lowest BCUT2D eigenvalue weighted by Crippen LogP contribution is -2.18. The first-order valence-corrected chi connectivity index (χ1v) is 7.63. The second kappa shape index (κ2) is 7.65. The smallest absolute Gasteiger partial charge is 0.125 e. The molecule has 0 heterocycles. The average molecular weight is 277 g/mol. The van der Waals surface area contributed by atoms with E-state index in [0.717, 1.165) is 38.0 Å². The Kier molecular flexibility index (Phi) is 5.86. The standard InChI is InChI=1S/C17H27NO2/c1-13-10-16(12-18-7-9-19-3)11-14(2)17(13)20-8-6-15-4-5-15/h10-11,15,18H,4-9,12H2,1-3H3. The maximum atomic E-state index is 5.98. The Morgan fingerprint density at radius 3 is 2.45 bits per heavy atom. The molecule has 112 valence electrons. The van der Waals surface area contributed by atoms with Crippen molar-refractivity contribution in [3.8, 4) is 5.75 Å². The fraction of sp³-hybridized carbons (Fsp3) is 0.647. The molecule has 3 nitrogen and oxygen atoms in total. The molecule has 0 bridgehead atoms. The van der Waals surface area contributed by atoms with E-state index < -0.39 is 0 Å². The van der Waals surface area contributed by atoms with Gasteiger partial charge in [-0.3, -0.25) is 0 Å². The van der Waals surface area contributed by atoms with Crippen molar-refractivity contribution in [3.63, 3.8) is 0 Å². The Balaban J connectivity index is 1.85. The first-order chi connectivity index (χ1) is 9.70. The third-order valence-corrected chi connectivity index (χ3v) is 3.80.